The van der Waals surface area contributed by atoms with Gasteiger partial charge in [0.1, 0.15) is 0 Å². The number of hydrogen-bond donors (Lipinski definition) is 1. The monoisotopic (exact) mass is 235 g/mol. The molecule has 1 aromatic rings. The summed E-state index contributed by atoms with van der Waals surface area (Å²) in [5.74, 6) is 0. The smallest absolute Gasteiger partial charge is 0.0219 e. The summed E-state index contributed by atoms with van der Waals surface area (Å²) in [6, 6.07) is 9.06. The molecule has 1 aromatic carbocycles. The molecular formula is C14H21NS. The first-order valence-electron chi connectivity index (χ1n) is 5.89. The van der Waals surface area contributed by atoms with Crippen LogP contribution in [0.25, 0.3) is 0 Å². The normalized spacial score (nSPS) is 28.2. The molecule has 0 spiro atoms. The highest BCUT2D eigenvalue weighted by molar-refractivity contribution is 7.98. The summed E-state index contributed by atoms with van der Waals surface area (Å²) >= 11 is 1.80. The summed E-state index contributed by atoms with van der Waals surface area (Å²) in [6.07, 6.45) is 3.34. The molecule has 0 bridgehead atoms. The van der Waals surface area contributed by atoms with Gasteiger partial charge < -0.3 is 5.32 Å². The number of rotatable bonds is 2. The Morgan fingerprint density at radius 2 is 1.75 bits per heavy atom. The quantitative estimate of drug-likeness (QED) is 0.788. The Balaban J connectivity index is 2.35. The van der Waals surface area contributed by atoms with Gasteiger partial charge in [-0.1, -0.05) is 19.1 Å². The number of hydrogen-bond acceptors (Lipinski definition) is 2. The molecule has 1 nitrogen and oxygen atoms in total. The van der Waals surface area contributed by atoms with Crippen LogP contribution in [-0.4, -0.2) is 18.3 Å². The fourth-order valence-electron chi connectivity index (χ4n) is 2.60. The minimum Gasteiger partial charge on any atom is -0.311 e. The molecule has 0 saturated carbocycles. The highest BCUT2D eigenvalue weighted by Gasteiger charge is 2.45. The van der Waals surface area contributed by atoms with E-state index in [-0.39, 0.29) is 11.0 Å². The molecule has 2 rings (SSSR count). The third-order valence-electron chi connectivity index (χ3n) is 4.30. The van der Waals surface area contributed by atoms with Crippen molar-refractivity contribution in [3.63, 3.8) is 0 Å². The van der Waals surface area contributed by atoms with E-state index in [0.29, 0.717) is 0 Å². The fraction of sp³-hybridized carbons (Fsp3) is 0.571. The van der Waals surface area contributed by atoms with Gasteiger partial charge in [-0.05, 0) is 50.8 Å². The average Bonchev–Trinajstić information content (AvgIpc) is 2.55. The van der Waals surface area contributed by atoms with Crippen LogP contribution in [0.3, 0.4) is 0 Å². The first kappa shape index (κ1) is 12.0. The molecule has 0 radical (unpaired) electrons. The van der Waals surface area contributed by atoms with Crippen molar-refractivity contribution < 1.29 is 0 Å². The van der Waals surface area contributed by atoms with E-state index < -0.39 is 0 Å². The van der Waals surface area contributed by atoms with E-state index in [9.17, 15) is 0 Å². The Kier molecular flexibility index (Phi) is 3.06. The second kappa shape index (κ2) is 4.08. The van der Waals surface area contributed by atoms with Crippen molar-refractivity contribution in [2.24, 2.45) is 0 Å². The van der Waals surface area contributed by atoms with Gasteiger partial charge >= 0.3 is 0 Å². The summed E-state index contributed by atoms with van der Waals surface area (Å²) in [4.78, 5) is 1.34. The van der Waals surface area contributed by atoms with Crippen LogP contribution in [0.5, 0.6) is 0 Å². The molecule has 0 amide bonds. The second-order valence-corrected chi connectivity index (χ2v) is 6.24. The van der Waals surface area contributed by atoms with Crippen LogP contribution in [0.4, 0.5) is 0 Å². The molecule has 16 heavy (non-hydrogen) atoms. The minimum absolute atomic E-state index is 0.188. The van der Waals surface area contributed by atoms with Gasteiger partial charge in [-0.3, -0.25) is 0 Å². The van der Waals surface area contributed by atoms with E-state index in [1.165, 1.54) is 16.9 Å². The molecule has 1 unspecified atom stereocenters. The molecular weight excluding hydrogens is 214 g/mol. The van der Waals surface area contributed by atoms with Crippen molar-refractivity contribution in [2.45, 2.75) is 43.0 Å². The molecule has 0 aromatic heterocycles. The summed E-state index contributed by atoms with van der Waals surface area (Å²) in [6.45, 7) is 8.11. The first-order chi connectivity index (χ1) is 7.49. The third kappa shape index (κ3) is 1.78. The molecule has 1 saturated heterocycles. The van der Waals surface area contributed by atoms with Gasteiger partial charge in [0, 0.05) is 15.8 Å². The second-order valence-electron chi connectivity index (χ2n) is 5.36. The highest BCUT2D eigenvalue weighted by Crippen LogP contribution is 2.42. The topological polar surface area (TPSA) is 12.0 Å². The van der Waals surface area contributed by atoms with Crippen LogP contribution < -0.4 is 5.32 Å². The van der Waals surface area contributed by atoms with Crippen molar-refractivity contribution in [3.05, 3.63) is 29.8 Å². The van der Waals surface area contributed by atoms with Crippen LogP contribution in [0.15, 0.2) is 29.2 Å². The van der Waals surface area contributed by atoms with E-state index in [4.69, 9.17) is 0 Å². The third-order valence-corrected chi connectivity index (χ3v) is 5.04. The zero-order valence-electron chi connectivity index (χ0n) is 10.6. The Morgan fingerprint density at radius 3 is 2.19 bits per heavy atom. The summed E-state index contributed by atoms with van der Waals surface area (Å²) in [7, 11) is 0. The molecule has 1 aliphatic heterocycles. The molecule has 2 heteroatoms. The van der Waals surface area contributed by atoms with Crippen LogP contribution in [0.1, 0.15) is 32.8 Å². The van der Waals surface area contributed by atoms with Gasteiger partial charge in [0.15, 0.2) is 0 Å². The van der Waals surface area contributed by atoms with Gasteiger partial charge in [0.05, 0.1) is 0 Å². The molecule has 1 aliphatic rings. The number of benzene rings is 1. The Hall–Kier alpha value is -0.470. The maximum atomic E-state index is 3.61. The Morgan fingerprint density at radius 1 is 1.12 bits per heavy atom. The van der Waals surface area contributed by atoms with Gasteiger partial charge in [-0.25, -0.2) is 0 Å². The Bertz CT molecular complexity index is 369. The average molecular weight is 235 g/mol. The standard InChI is InChI=1S/C14H21NS/c1-13(2)14(3,9-10-15-13)11-5-7-12(16-4)8-6-11/h5-8,15H,9-10H2,1-4H3. The summed E-state index contributed by atoms with van der Waals surface area (Å²) < 4.78 is 0. The lowest BCUT2D eigenvalue weighted by Crippen LogP contribution is -2.47. The van der Waals surface area contributed by atoms with Crippen LogP contribution in [0, 0.1) is 0 Å². The maximum absolute atomic E-state index is 3.61. The summed E-state index contributed by atoms with van der Waals surface area (Å²) in [5, 5.41) is 3.61. The van der Waals surface area contributed by atoms with Crippen LogP contribution >= 0.6 is 11.8 Å². The van der Waals surface area contributed by atoms with Gasteiger partial charge in [0.25, 0.3) is 0 Å². The molecule has 88 valence electrons. The molecule has 1 atom stereocenters. The minimum atomic E-state index is 0.188. The zero-order valence-corrected chi connectivity index (χ0v) is 11.4. The lowest BCUT2D eigenvalue weighted by atomic mass is 9.69. The lowest BCUT2D eigenvalue weighted by molar-refractivity contribution is 0.297. The van der Waals surface area contributed by atoms with Gasteiger partial charge in [0.2, 0.25) is 0 Å². The number of nitrogens with one attached hydrogen (secondary N) is 1. The van der Waals surface area contributed by atoms with Crippen molar-refractivity contribution in [1.29, 1.82) is 0 Å². The van der Waals surface area contributed by atoms with Crippen LogP contribution in [-0.2, 0) is 5.41 Å². The lowest BCUT2D eigenvalue weighted by Gasteiger charge is -2.38. The van der Waals surface area contributed by atoms with E-state index >= 15 is 0 Å². The van der Waals surface area contributed by atoms with E-state index in [1.807, 2.05) is 0 Å². The first-order valence-corrected chi connectivity index (χ1v) is 7.12. The van der Waals surface area contributed by atoms with Crippen molar-refractivity contribution >= 4 is 11.8 Å². The Labute approximate surface area is 103 Å². The van der Waals surface area contributed by atoms with Crippen molar-refractivity contribution in [3.8, 4) is 0 Å². The van der Waals surface area contributed by atoms with Crippen LogP contribution in [0.2, 0.25) is 0 Å². The predicted octanol–water partition coefficient (Wildman–Crippen LogP) is 3.44. The van der Waals surface area contributed by atoms with Gasteiger partial charge in [-0.15, -0.1) is 11.8 Å². The highest BCUT2D eigenvalue weighted by atomic mass is 32.2. The number of thioether (sulfide) groups is 1. The molecule has 0 aliphatic carbocycles. The SMILES string of the molecule is CSc1ccc(C2(C)CCNC2(C)C)cc1. The molecule has 1 N–H and O–H groups in total. The van der Waals surface area contributed by atoms with E-state index in [0.717, 1.165) is 6.54 Å². The van der Waals surface area contributed by atoms with Gasteiger partial charge in [-0.2, -0.15) is 0 Å². The summed E-state index contributed by atoms with van der Waals surface area (Å²) in [5.41, 5.74) is 1.90. The van der Waals surface area contributed by atoms with E-state index in [2.05, 4.69) is 56.6 Å². The zero-order chi connectivity index (χ0) is 11.8. The predicted molar refractivity (Wildman–Crippen MR) is 72.3 cm³/mol. The van der Waals surface area contributed by atoms with Crippen molar-refractivity contribution in [1.82, 2.24) is 5.32 Å². The van der Waals surface area contributed by atoms with E-state index in [1.54, 1.807) is 11.8 Å². The largest absolute Gasteiger partial charge is 0.311 e. The van der Waals surface area contributed by atoms with Crippen molar-refractivity contribution in [2.75, 3.05) is 12.8 Å². The maximum Gasteiger partial charge on any atom is 0.0219 e. The molecule has 1 fully saturated rings. The molecule has 1 heterocycles. The fourth-order valence-corrected chi connectivity index (χ4v) is 3.00.